The molecule has 3 atom stereocenters. The zero-order valence-corrected chi connectivity index (χ0v) is 9.15. The molecule has 3 rings (SSSR count). The molecule has 3 aliphatic rings. The van der Waals surface area contributed by atoms with Gasteiger partial charge in [-0.05, 0) is 67.6 Å². The van der Waals surface area contributed by atoms with Crippen LogP contribution in [0.2, 0.25) is 0 Å². The summed E-state index contributed by atoms with van der Waals surface area (Å²) in [5, 5.41) is 0. The van der Waals surface area contributed by atoms with Gasteiger partial charge in [-0.2, -0.15) is 0 Å². The molecule has 1 saturated carbocycles. The number of fused-ring (bicyclic) bond motifs is 3. The average Bonchev–Trinajstić information content (AvgIpc) is 2.58. The molecule has 0 aromatic heterocycles. The largest absolute Gasteiger partial charge is 0.0842 e. The number of allylic oxidation sites excluding steroid dienone is 6. The quantitative estimate of drug-likeness (QED) is 0.566. The Labute approximate surface area is 119 Å². The molecule has 0 bridgehead atoms. The van der Waals surface area contributed by atoms with Gasteiger partial charge in [-0.25, -0.2) is 0 Å². The molecule has 86 valence electrons. The SMILES string of the molecule is [2H]C1=CC2=C(C)C=C3C([2H])([2H])C([2H])([2H])C([2H])(C)C([2H])([2H])C3([2H])C2([2H])C([2H])([2H])C1([2H])[2H]. The standard InChI is InChI=1S/C16H22/c1-11-7-8-13-10-12(2)14-5-3-4-6-15(14)16(13)9-11/h3,5,10-11,15-16H,4,6-9H2,1-2H3/i3D,4D2,6D2,7D2,8D2,9D2,11D,15D,16D. The van der Waals surface area contributed by atoms with E-state index in [1.165, 1.54) is 6.92 Å². The fourth-order valence-corrected chi connectivity index (χ4v) is 1.96. The Morgan fingerprint density at radius 2 is 2.31 bits per heavy atom. The van der Waals surface area contributed by atoms with Gasteiger partial charge in [0, 0.05) is 17.8 Å². The fourth-order valence-electron chi connectivity index (χ4n) is 1.96. The summed E-state index contributed by atoms with van der Waals surface area (Å²) in [7, 11) is 0. The predicted octanol–water partition coefficient (Wildman–Crippen LogP) is 4.65. The van der Waals surface area contributed by atoms with Crippen LogP contribution in [0.15, 0.2) is 34.9 Å². The number of hydrogen-bond acceptors (Lipinski definition) is 0. The first-order chi connectivity index (χ1) is 13.0. The fraction of sp³-hybridized carbons (Fsp3) is 0.625. The van der Waals surface area contributed by atoms with E-state index in [9.17, 15) is 0 Å². The lowest BCUT2D eigenvalue weighted by molar-refractivity contribution is 0.276. The Kier molecular flexibility index (Phi) is 0.771. The van der Waals surface area contributed by atoms with E-state index < -0.39 is 61.2 Å². The van der Waals surface area contributed by atoms with E-state index in [0.29, 0.717) is 0 Å². The summed E-state index contributed by atoms with van der Waals surface area (Å²) in [4.78, 5) is 0. The van der Waals surface area contributed by atoms with Crippen LogP contribution < -0.4 is 0 Å². The van der Waals surface area contributed by atoms with Gasteiger partial charge in [-0.3, -0.25) is 0 Å². The zero-order chi connectivity index (χ0) is 23.7. The Balaban J connectivity index is 2.59. The number of rotatable bonds is 0. The molecule has 0 heterocycles. The van der Waals surface area contributed by atoms with Gasteiger partial charge >= 0.3 is 0 Å². The van der Waals surface area contributed by atoms with E-state index in [1.807, 2.05) is 0 Å². The van der Waals surface area contributed by atoms with E-state index in [-0.39, 0.29) is 11.1 Å². The first-order valence-electron chi connectivity index (χ1n) is 12.2. The van der Waals surface area contributed by atoms with Gasteiger partial charge in [-0.1, -0.05) is 30.7 Å². The van der Waals surface area contributed by atoms with Crippen LogP contribution in [0.4, 0.5) is 0 Å². The highest BCUT2D eigenvalue weighted by Gasteiger charge is 2.35. The summed E-state index contributed by atoms with van der Waals surface area (Å²) >= 11 is 0. The maximum Gasteiger partial charge on any atom is 0.0576 e. The van der Waals surface area contributed by atoms with Crippen LogP contribution in [-0.4, -0.2) is 0 Å². The van der Waals surface area contributed by atoms with Crippen molar-refractivity contribution < 1.29 is 19.2 Å². The van der Waals surface area contributed by atoms with Crippen molar-refractivity contribution >= 4 is 0 Å². The Morgan fingerprint density at radius 3 is 3.19 bits per heavy atom. The summed E-state index contributed by atoms with van der Waals surface area (Å²) in [6.07, 6.45) is -14.3. The third-order valence-electron chi connectivity index (χ3n) is 2.75. The molecule has 0 aromatic carbocycles. The molecular weight excluding hydrogens is 192 g/mol. The molecule has 0 aliphatic heterocycles. The minimum absolute atomic E-state index is 0.0102. The second kappa shape index (κ2) is 3.91. The molecule has 0 radical (unpaired) electrons. The van der Waals surface area contributed by atoms with Crippen molar-refractivity contribution in [1.29, 1.82) is 0 Å². The van der Waals surface area contributed by atoms with E-state index >= 15 is 0 Å². The summed E-state index contributed by atoms with van der Waals surface area (Å²) in [6.45, 7) is 2.10. The third kappa shape index (κ3) is 1.59. The molecule has 1 fully saturated rings. The topological polar surface area (TPSA) is 0 Å². The molecule has 0 aromatic rings. The summed E-state index contributed by atoms with van der Waals surface area (Å²) < 4.78 is 118. The Bertz CT molecular complexity index is 920. The molecule has 16 heavy (non-hydrogen) atoms. The predicted molar refractivity (Wildman–Crippen MR) is 69.2 cm³/mol. The smallest absolute Gasteiger partial charge is 0.0576 e. The van der Waals surface area contributed by atoms with Crippen LogP contribution >= 0.6 is 0 Å². The van der Waals surface area contributed by atoms with E-state index in [1.54, 1.807) is 0 Å². The molecule has 0 N–H and O–H groups in total. The minimum Gasteiger partial charge on any atom is -0.0842 e. The highest BCUT2D eigenvalue weighted by atomic mass is 14.4. The van der Waals surface area contributed by atoms with Crippen molar-refractivity contribution in [2.45, 2.75) is 45.7 Å². The second-order valence-electron chi connectivity index (χ2n) is 3.94. The molecule has 0 nitrogen and oxygen atoms in total. The summed E-state index contributed by atoms with van der Waals surface area (Å²) in [5.41, 5.74) is -1.20. The van der Waals surface area contributed by atoms with Gasteiger partial charge in [0.25, 0.3) is 0 Å². The molecular formula is C16H22. The number of hydrogen-bond donors (Lipinski definition) is 0. The van der Waals surface area contributed by atoms with Crippen LogP contribution in [-0.2, 0) is 0 Å². The average molecular weight is 228 g/mol. The van der Waals surface area contributed by atoms with Gasteiger partial charge in [0.2, 0.25) is 0 Å². The van der Waals surface area contributed by atoms with Crippen molar-refractivity contribution in [3.05, 3.63) is 34.9 Å². The van der Waals surface area contributed by atoms with Gasteiger partial charge in [0.05, 0.1) is 1.37 Å². The Morgan fingerprint density at radius 1 is 1.44 bits per heavy atom. The van der Waals surface area contributed by atoms with Crippen molar-refractivity contribution in [3.63, 3.8) is 0 Å². The normalized spacial score (nSPS) is 80.9. The van der Waals surface area contributed by atoms with Crippen molar-refractivity contribution in [2.24, 2.45) is 17.7 Å². The van der Waals surface area contributed by atoms with Gasteiger partial charge in [0.1, 0.15) is 0 Å². The molecule has 3 unspecified atom stereocenters. The summed E-state index contributed by atoms with van der Waals surface area (Å²) in [5.74, 6) is -9.27. The van der Waals surface area contributed by atoms with Crippen molar-refractivity contribution in [1.82, 2.24) is 0 Å². The van der Waals surface area contributed by atoms with Crippen LogP contribution in [0.5, 0.6) is 0 Å². The molecule has 3 aliphatic carbocycles. The van der Waals surface area contributed by atoms with Crippen LogP contribution in [0.3, 0.4) is 0 Å². The Hall–Kier alpha value is -0.780. The maximum atomic E-state index is 9.09. The van der Waals surface area contributed by atoms with Crippen LogP contribution in [0, 0.1) is 17.7 Å². The minimum atomic E-state index is -3.38. The van der Waals surface area contributed by atoms with Gasteiger partial charge < -0.3 is 0 Å². The maximum absolute atomic E-state index is 9.09. The highest BCUT2D eigenvalue weighted by molar-refractivity contribution is 5.43. The lowest BCUT2D eigenvalue weighted by Gasteiger charge is -2.41. The van der Waals surface area contributed by atoms with E-state index in [2.05, 4.69) is 0 Å². The monoisotopic (exact) mass is 228 g/mol. The second-order valence-corrected chi connectivity index (χ2v) is 3.94. The van der Waals surface area contributed by atoms with Gasteiger partial charge in [-0.15, -0.1) is 0 Å². The summed E-state index contributed by atoms with van der Waals surface area (Å²) in [6, 6.07) is -0.812. The molecule has 0 heteroatoms. The first kappa shape index (κ1) is 3.16. The highest BCUT2D eigenvalue weighted by Crippen LogP contribution is 2.47. The van der Waals surface area contributed by atoms with E-state index in [4.69, 9.17) is 19.2 Å². The lowest BCUT2D eigenvalue weighted by atomic mass is 9.64. The molecule has 0 amide bonds. The van der Waals surface area contributed by atoms with Crippen LogP contribution in [0.1, 0.15) is 64.9 Å². The third-order valence-corrected chi connectivity index (χ3v) is 2.75. The van der Waals surface area contributed by atoms with Gasteiger partial charge in [0.15, 0.2) is 0 Å². The first-order valence-corrected chi connectivity index (χ1v) is 5.15. The molecule has 0 spiro atoms. The van der Waals surface area contributed by atoms with E-state index in [0.717, 1.165) is 19.1 Å². The van der Waals surface area contributed by atoms with Crippen molar-refractivity contribution in [2.75, 3.05) is 0 Å². The lowest BCUT2D eigenvalue weighted by Crippen LogP contribution is -2.29. The molecule has 0 saturated heterocycles. The van der Waals surface area contributed by atoms with Crippen molar-refractivity contribution in [3.8, 4) is 0 Å². The van der Waals surface area contributed by atoms with Crippen LogP contribution in [0.25, 0.3) is 0 Å². The zero-order valence-electron chi connectivity index (χ0n) is 23.2.